The fourth-order valence-electron chi connectivity index (χ4n) is 2.04. The number of carbonyl (C=O) groups is 1. The number of sulfone groups is 1. The molecule has 1 aliphatic heterocycles. The summed E-state index contributed by atoms with van der Waals surface area (Å²) in [5, 5.41) is 4.85. The van der Waals surface area contributed by atoms with Gasteiger partial charge in [-0.25, -0.2) is 13.2 Å². The molecule has 104 valence electrons. The van der Waals surface area contributed by atoms with E-state index in [1.807, 2.05) is 12.1 Å². The van der Waals surface area contributed by atoms with E-state index in [4.69, 9.17) is 0 Å². The smallest absolute Gasteiger partial charge is 0.315 e. The van der Waals surface area contributed by atoms with E-state index in [1.165, 1.54) is 0 Å². The van der Waals surface area contributed by atoms with Crippen LogP contribution in [0.2, 0.25) is 0 Å². The Bertz CT molecular complexity index is 530. The van der Waals surface area contributed by atoms with Gasteiger partial charge in [0, 0.05) is 25.5 Å². The molecule has 1 unspecified atom stereocenters. The molecule has 6 nitrogen and oxygen atoms in total. The van der Waals surface area contributed by atoms with E-state index in [2.05, 4.69) is 15.6 Å². The van der Waals surface area contributed by atoms with Crippen LogP contribution < -0.4 is 10.6 Å². The second-order valence-corrected chi connectivity index (χ2v) is 6.95. The molecule has 19 heavy (non-hydrogen) atoms. The highest BCUT2D eigenvalue weighted by Crippen LogP contribution is 2.18. The van der Waals surface area contributed by atoms with Crippen LogP contribution in [0.3, 0.4) is 0 Å². The minimum absolute atomic E-state index is 0.185. The SMILES string of the molecule is O=C(NCc1ccncc1)NCC1CCCS1(=O)=O. The maximum Gasteiger partial charge on any atom is 0.315 e. The van der Waals surface area contributed by atoms with E-state index in [9.17, 15) is 13.2 Å². The first-order valence-electron chi connectivity index (χ1n) is 6.20. The van der Waals surface area contributed by atoms with Gasteiger partial charge in [0.25, 0.3) is 0 Å². The largest absolute Gasteiger partial charge is 0.337 e. The van der Waals surface area contributed by atoms with Gasteiger partial charge in [-0.3, -0.25) is 4.98 Å². The average Bonchev–Trinajstić information content (AvgIpc) is 2.74. The van der Waals surface area contributed by atoms with E-state index in [0.717, 1.165) is 5.56 Å². The summed E-state index contributed by atoms with van der Waals surface area (Å²) >= 11 is 0. The average molecular weight is 283 g/mol. The van der Waals surface area contributed by atoms with Crippen molar-refractivity contribution >= 4 is 15.9 Å². The highest BCUT2D eigenvalue weighted by atomic mass is 32.2. The molecule has 0 aromatic carbocycles. The van der Waals surface area contributed by atoms with Crippen molar-refractivity contribution in [2.24, 2.45) is 0 Å². The number of carbonyl (C=O) groups excluding carboxylic acids is 1. The van der Waals surface area contributed by atoms with Gasteiger partial charge in [-0.05, 0) is 30.5 Å². The third-order valence-electron chi connectivity index (χ3n) is 3.16. The molecule has 7 heteroatoms. The third kappa shape index (κ3) is 3.92. The summed E-state index contributed by atoms with van der Waals surface area (Å²) in [5.41, 5.74) is 0.943. The topological polar surface area (TPSA) is 88.2 Å². The van der Waals surface area contributed by atoms with Crippen molar-refractivity contribution in [1.82, 2.24) is 15.6 Å². The van der Waals surface area contributed by atoms with Gasteiger partial charge in [0.1, 0.15) is 0 Å². The lowest BCUT2D eigenvalue weighted by Crippen LogP contribution is -2.40. The van der Waals surface area contributed by atoms with Gasteiger partial charge in [0.2, 0.25) is 0 Å². The summed E-state index contributed by atoms with van der Waals surface area (Å²) in [4.78, 5) is 15.4. The molecule has 2 N–H and O–H groups in total. The van der Waals surface area contributed by atoms with Crippen LogP contribution in [0.15, 0.2) is 24.5 Å². The number of urea groups is 1. The Kier molecular flexibility index (Phi) is 4.36. The van der Waals surface area contributed by atoms with Crippen LogP contribution in [0.5, 0.6) is 0 Å². The van der Waals surface area contributed by atoms with Gasteiger partial charge in [0.15, 0.2) is 9.84 Å². The van der Waals surface area contributed by atoms with Crippen molar-refractivity contribution in [2.75, 3.05) is 12.3 Å². The van der Waals surface area contributed by atoms with Gasteiger partial charge in [-0.15, -0.1) is 0 Å². The first-order valence-corrected chi connectivity index (χ1v) is 7.91. The monoisotopic (exact) mass is 283 g/mol. The number of nitrogens with zero attached hydrogens (tertiary/aromatic N) is 1. The molecule has 2 heterocycles. The first kappa shape index (κ1) is 13.8. The summed E-state index contributed by atoms with van der Waals surface area (Å²) in [6, 6.07) is 3.27. The second-order valence-electron chi connectivity index (χ2n) is 4.55. The number of rotatable bonds is 4. The Balaban J connectivity index is 1.73. The van der Waals surface area contributed by atoms with Gasteiger partial charge >= 0.3 is 6.03 Å². The van der Waals surface area contributed by atoms with Crippen LogP contribution in [-0.4, -0.2) is 37.0 Å². The van der Waals surface area contributed by atoms with E-state index >= 15 is 0 Å². The standard InChI is InChI=1S/C12H17N3O3S/c16-12(14-8-10-3-5-13-6-4-10)15-9-11-2-1-7-19(11,17)18/h3-6,11H,1-2,7-9H2,(H2,14,15,16). The zero-order valence-corrected chi connectivity index (χ0v) is 11.3. The lowest BCUT2D eigenvalue weighted by atomic mass is 10.2. The Hall–Kier alpha value is -1.63. The van der Waals surface area contributed by atoms with Crippen molar-refractivity contribution in [3.63, 3.8) is 0 Å². The lowest BCUT2D eigenvalue weighted by Gasteiger charge is -2.11. The quantitative estimate of drug-likeness (QED) is 0.840. The second kappa shape index (κ2) is 6.01. The highest BCUT2D eigenvalue weighted by Gasteiger charge is 2.31. The molecule has 2 amide bonds. The maximum absolute atomic E-state index is 11.6. The molecule has 1 saturated heterocycles. The van der Waals surface area contributed by atoms with E-state index < -0.39 is 15.1 Å². The number of amides is 2. The predicted octanol–water partition coefficient (Wildman–Crippen LogP) is 0.458. The molecule has 1 fully saturated rings. The van der Waals surface area contributed by atoms with Gasteiger partial charge < -0.3 is 10.6 Å². The molecule has 1 atom stereocenters. The number of hydrogen-bond acceptors (Lipinski definition) is 4. The van der Waals surface area contributed by atoms with Crippen molar-refractivity contribution in [1.29, 1.82) is 0 Å². The van der Waals surface area contributed by atoms with Crippen LogP contribution >= 0.6 is 0 Å². The summed E-state index contributed by atoms with van der Waals surface area (Å²) < 4.78 is 23.2. The van der Waals surface area contributed by atoms with Gasteiger partial charge in [-0.1, -0.05) is 0 Å². The third-order valence-corrected chi connectivity index (χ3v) is 5.43. The molecular weight excluding hydrogens is 266 g/mol. The Morgan fingerprint density at radius 3 is 2.68 bits per heavy atom. The van der Waals surface area contributed by atoms with Crippen molar-refractivity contribution in [3.05, 3.63) is 30.1 Å². The summed E-state index contributed by atoms with van der Waals surface area (Å²) in [6.45, 7) is 0.580. The number of aromatic nitrogens is 1. The molecule has 0 spiro atoms. The first-order chi connectivity index (χ1) is 9.08. The molecular formula is C12H17N3O3S. The Morgan fingerprint density at radius 1 is 1.32 bits per heavy atom. The molecule has 2 rings (SSSR count). The fraction of sp³-hybridized carbons (Fsp3) is 0.500. The number of hydrogen-bond donors (Lipinski definition) is 2. The van der Waals surface area contributed by atoms with Crippen molar-refractivity contribution < 1.29 is 13.2 Å². The number of pyridine rings is 1. The summed E-state index contributed by atoms with van der Waals surface area (Å²) in [5.74, 6) is 0.234. The molecule has 1 aromatic rings. The van der Waals surface area contributed by atoms with Crippen molar-refractivity contribution in [3.8, 4) is 0 Å². The zero-order valence-electron chi connectivity index (χ0n) is 10.5. The highest BCUT2D eigenvalue weighted by molar-refractivity contribution is 7.92. The van der Waals surface area contributed by atoms with Crippen LogP contribution in [0.25, 0.3) is 0 Å². The van der Waals surface area contributed by atoms with E-state index in [0.29, 0.717) is 19.4 Å². The fourth-order valence-corrected chi connectivity index (χ4v) is 3.80. The Morgan fingerprint density at radius 2 is 2.05 bits per heavy atom. The Labute approximate surface area is 112 Å². The molecule has 0 saturated carbocycles. The molecule has 1 aromatic heterocycles. The predicted molar refractivity (Wildman–Crippen MR) is 71.3 cm³/mol. The van der Waals surface area contributed by atoms with Gasteiger partial charge in [-0.2, -0.15) is 0 Å². The van der Waals surface area contributed by atoms with Crippen LogP contribution in [0, 0.1) is 0 Å². The minimum atomic E-state index is -3.00. The summed E-state index contributed by atoms with van der Waals surface area (Å²) in [7, 11) is -3.00. The molecule has 0 radical (unpaired) electrons. The molecule has 1 aliphatic rings. The van der Waals surface area contributed by atoms with Crippen molar-refractivity contribution in [2.45, 2.75) is 24.6 Å². The summed E-state index contributed by atoms with van der Waals surface area (Å²) in [6.07, 6.45) is 4.63. The molecule has 0 aliphatic carbocycles. The lowest BCUT2D eigenvalue weighted by molar-refractivity contribution is 0.240. The van der Waals surface area contributed by atoms with Crippen LogP contribution in [-0.2, 0) is 16.4 Å². The maximum atomic E-state index is 11.6. The zero-order chi connectivity index (χ0) is 13.7. The molecule has 0 bridgehead atoms. The number of nitrogens with one attached hydrogen (secondary N) is 2. The normalized spacial score (nSPS) is 20.9. The van der Waals surface area contributed by atoms with E-state index in [-0.39, 0.29) is 18.3 Å². The van der Waals surface area contributed by atoms with Crippen LogP contribution in [0.1, 0.15) is 18.4 Å². The van der Waals surface area contributed by atoms with Gasteiger partial charge in [0.05, 0.1) is 11.0 Å². The van der Waals surface area contributed by atoms with E-state index in [1.54, 1.807) is 12.4 Å². The minimum Gasteiger partial charge on any atom is -0.337 e. The van der Waals surface area contributed by atoms with Crippen LogP contribution in [0.4, 0.5) is 4.79 Å².